The lowest BCUT2D eigenvalue weighted by molar-refractivity contribution is 0.0978. The minimum atomic E-state index is -0.441. The summed E-state index contributed by atoms with van der Waals surface area (Å²) in [5.74, 6) is 0.653. The zero-order chi connectivity index (χ0) is 19.4. The van der Waals surface area contributed by atoms with Crippen molar-refractivity contribution in [2.45, 2.75) is 6.61 Å². The van der Waals surface area contributed by atoms with Gasteiger partial charge in [-0.1, -0.05) is 35.3 Å². The highest BCUT2D eigenvalue weighted by molar-refractivity contribution is 7.80. The number of benzene rings is 2. The van der Waals surface area contributed by atoms with Crippen LogP contribution < -0.4 is 10.6 Å². The molecule has 0 radical (unpaired) electrons. The number of carbonyl (C=O) groups is 1. The average Bonchev–Trinajstić information content (AvgIpc) is 3.11. The zero-order valence-electron chi connectivity index (χ0n) is 13.8. The van der Waals surface area contributed by atoms with Gasteiger partial charge in [0.25, 0.3) is 5.91 Å². The van der Waals surface area contributed by atoms with Crippen LogP contribution in [0.3, 0.4) is 0 Å². The number of thiocarbonyl (C=S) groups is 1. The Bertz CT molecular complexity index is 1000. The average molecular weight is 421 g/mol. The van der Waals surface area contributed by atoms with Gasteiger partial charge in [-0.05, 0) is 54.7 Å². The molecule has 0 spiro atoms. The number of nitrogens with one attached hydrogen (secondary N) is 2. The van der Waals surface area contributed by atoms with Gasteiger partial charge in [0.15, 0.2) is 5.11 Å². The molecule has 1 heterocycles. The van der Waals surface area contributed by atoms with Crippen LogP contribution in [0, 0.1) is 0 Å². The number of amides is 1. The van der Waals surface area contributed by atoms with Crippen molar-refractivity contribution in [2.24, 2.45) is 0 Å². The second-order valence-electron chi connectivity index (χ2n) is 5.54. The predicted molar refractivity (Wildman–Crippen MR) is 110 cm³/mol. The maximum atomic E-state index is 12.3. The molecular formula is C19H14Cl2N2O3S. The van der Waals surface area contributed by atoms with Crippen LogP contribution in [-0.4, -0.2) is 16.1 Å². The zero-order valence-corrected chi connectivity index (χ0v) is 16.2. The van der Waals surface area contributed by atoms with Crippen molar-refractivity contribution in [3.05, 3.63) is 76.0 Å². The van der Waals surface area contributed by atoms with E-state index in [1.165, 1.54) is 12.1 Å². The van der Waals surface area contributed by atoms with Gasteiger partial charge in [0.2, 0.25) is 0 Å². The third-order valence-corrected chi connectivity index (χ3v) is 4.38. The summed E-state index contributed by atoms with van der Waals surface area (Å²) in [6.07, 6.45) is 0. The van der Waals surface area contributed by atoms with Crippen molar-refractivity contribution in [2.75, 3.05) is 5.32 Å². The van der Waals surface area contributed by atoms with E-state index < -0.39 is 5.91 Å². The molecule has 8 heteroatoms. The molecule has 138 valence electrons. The topological polar surface area (TPSA) is 74.5 Å². The monoisotopic (exact) mass is 420 g/mol. The molecule has 1 amide bonds. The summed E-state index contributed by atoms with van der Waals surface area (Å²) in [6.45, 7) is -0.165. The Hall–Kier alpha value is -2.38. The van der Waals surface area contributed by atoms with E-state index in [9.17, 15) is 4.79 Å². The highest BCUT2D eigenvalue weighted by Crippen LogP contribution is 2.25. The van der Waals surface area contributed by atoms with E-state index in [-0.39, 0.29) is 22.3 Å². The quantitative estimate of drug-likeness (QED) is 0.524. The van der Waals surface area contributed by atoms with E-state index in [4.69, 9.17) is 44.9 Å². The highest BCUT2D eigenvalue weighted by atomic mass is 35.5. The molecule has 0 fully saturated rings. The van der Waals surface area contributed by atoms with Crippen LogP contribution in [0.25, 0.3) is 11.3 Å². The molecule has 3 N–H and O–H groups in total. The Morgan fingerprint density at radius 1 is 1.11 bits per heavy atom. The Balaban J connectivity index is 1.69. The third-order valence-electron chi connectivity index (χ3n) is 3.63. The van der Waals surface area contributed by atoms with Gasteiger partial charge in [-0.3, -0.25) is 10.1 Å². The van der Waals surface area contributed by atoms with Gasteiger partial charge < -0.3 is 14.8 Å². The van der Waals surface area contributed by atoms with E-state index in [1.54, 1.807) is 24.3 Å². The summed E-state index contributed by atoms with van der Waals surface area (Å²) in [5, 5.41) is 15.4. The van der Waals surface area contributed by atoms with Crippen molar-refractivity contribution < 1.29 is 14.3 Å². The molecule has 3 aromatic rings. The van der Waals surface area contributed by atoms with E-state index >= 15 is 0 Å². The summed E-state index contributed by atoms with van der Waals surface area (Å²) >= 11 is 17.1. The number of anilines is 1. The van der Waals surface area contributed by atoms with Gasteiger partial charge in [-0.2, -0.15) is 0 Å². The summed E-state index contributed by atoms with van der Waals surface area (Å²) in [7, 11) is 0. The molecule has 2 aromatic carbocycles. The first-order valence-corrected chi connectivity index (χ1v) is 9.00. The van der Waals surface area contributed by atoms with Gasteiger partial charge in [0.1, 0.15) is 18.1 Å². The number of furan rings is 1. The first-order chi connectivity index (χ1) is 13.0. The van der Waals surface area contributed by atoms with Crippen LogP contribution in [-0.2, 0) is 6.61 Å². The van der Waals surface area contributed by atoms with Crippen molar-refractivity contribution in [3.8, 4) is 11.3 Å². The predicted octanol–water partition coefficient (Wildman–Crippen LogP) is 4.87. The minimum absolute atomic E-state index is 0.124. The third kappa shape index (κ3) is 4.87. The Labute approximate surface area is 170 Å². The van der Waals surface area contributed by atoms with E-state index in [0.717, 1.165) is 5.56 Å². The summed E-state index contributed by atoms with van der Waals surface area (Å²) in [5.41, 5.74) is 1.74. The van der Waals surface area contributed by atoms with E-state index in [0.29, 0.717) is 22.2 Å². The Morgan fingerprint density at radius 2 is 1.93 bits per heavy atom. The van der Waals surface area contributed by atoms with Crippen molar-refractivity contribution >= 4 is 52.1 Å². The number of hydrogen-bond acceptors (Lipinski definition) is 4. The van der Waals surface area contributed by atoms with Crippen molar-refractivity contribution in [1.82, 2.24) is 5.32 Å². The molecule has 0 aliphatic rings. The van der Waals surface area contributed by atoms with Crippen LogP contribution in [0.4, 0.5) is 5.69 Å². The number of hydrogen-bond donors (Lipinski definition) is 3. The van der Waals surface area contributed by atoms with Crippen LogP contribution >= 0.6 is 35.4 Å². The molecule has 5 nitrogen and oxygen atoms in total. The van der Waals surface area contributed by atoms with Gasteiger partial charge >= 0.3 is 0 Å². The lowest BCUT2D eigenvalue weighted by Gasteiger charge is -2.11. The fourth-order valence-corrected chi connectivity index (χ4v) is 3.08. The fourth-order valence-electron chi connectivity index (χ4n) is 2.37. The molecule has 27 heavy (non-hydrogen) atoms. The summed E-state index contributed by atoms with van der Waals surface area (Å²) in [4.78, 5) is 12.3. The number of halogens is 2. The molecule has 0 aliphatic heterocycles. The molecular weight excluding hydrogens is 407 g/mol. The van der Waals surface area contributed by atoms with Gasteiger partial charge in [-0.15, -0.1) is 0 Å². The van der Waals surface area contributed by atoms with Crippen LogP contribution in [0.2, 0.25) is 10.0 Å². The molecule has 0 saturated carbocycles. The molecule has 0 saturated heterocycles. The van der Waals surface area contributed by atoms with Crippen LogP contribution in [0.1, 0.15) is 16.1 Å². The van der Waals surface area contributed by atoms with E-state index in [2.05, 4.69) is 10.6 Å². The molecule has 0 bridgehead atoms. The highest BCUT2D eigenvalue weighted by Gasteiger charge is 2.13. The molecule has 1 aromatic heterocycles. The van der Waals surface area contributed by atoms with Gasteiger partial charge in [0, 0.05) is 16.3 Å². The Kier molecular flexibility index (Phi) is 6.13. The van der Waals surface area contributed by atoms with Crippen molar-refractivity contribution in [1.29, 1.82) is 0 Å². The standard InChI is InChI=1S/C19H14Cl2N2O3S/c20-12-4-6-15(16(21)9-12)18(25)23-19(27)22-13-3-1-2-11(8-13)17-7-5-14(10-24)26-17/h1-9,24H,10H2,(H2,22,23,25,27). The maximum absolute atomic E-state index is 12.3. The summed E-state index contributed by atoms with van der Waals surface area (Å²) in [6, 6.07) is 15.4. The van der Waals surface area contributed by atoms with Crippen LogP contribution in [0.15, 0.2) is 59.0 Å². The smallest absolute Gasteiger partial charge is 0.258 e. The SMILES string of the molecule is O=C(NC(=S)Nc1cccc(-c2ccc(CO)o2)c1)c1ccc(Cl)cc1Cl. The van der Waals surface area contributed by atoms with Crippen LogP contribution in [0.5, 0.6) is 0 Å². The molecule has 0 unspecified atom stereocenters. The van der Waals surface area contributed by atoms with Crippen molar-refractivity contribution in [3.63, 3.8) is 0 Å². The number of aliphatic hydroxyl groups excluding tert-OH is 1. The molecule has 0 aliphatic carbocycles. The van der Waals surface area contributed by atoms with Gasteiger partial charge in [0.05, 0.1) is 10.6 Å². The molecule has 0 atom stereocenters. The minimum Gasteiger partial charge on any atom is -0.459 e. The fraction of sp³-hybridized carbons (Fsp3) is 0.0526. The largest absolute Gasteiger partial charge is 0.459 e. The number of aliphatic hydroxyl groups is 1. The lowest BCUT2D eigenvalue weighted by Crippen LogP contribution is -2.34. The lowest BCUT2D eigenvalue weighted by atomic mass is 10.1. The molecule has 3 rings (SSSR count). The second-order valence-corrected chi connectivity index (χ2v) is 6.79. The Morgan fingerprint density at radius 3 is 2.63 bits per heavy atom. The first kappa shape index (κ1) is 19.4. The first-order valence-electron chi connectivity index (χ1n) is 7.83. The van der Waals surface area contributed by atoms with E-state index in [1.807, 2.05) is 18.2 Å². The van der Waals surface area contributed by atoms with Gasteiger partial charge in [-0.25, -0.2) is 0 Å². The normalized spacial score (nSPS) is 10.5. The number of rotatable bonds is 4. The number of carbonyl (C=O) groups excluding carboxylic acids is 1. The maximum Gasteiger partial charge on any atom is 0.258 e. The summed E-state index contributed by atoms with van der Waals surface area (Å²) < 4.78 is 5.52. The second kappa shape index (κ2) is 8.54.